The Hall–Kier alpha value is -2.53. The number of carbonyl (C=O) groups excluding carboxylic acids is 1. The fourth-order valence-electron chi connectivity index (χ4n) is 3.32. The zero-order chi connectivity index (χ0) is 19.1. The molecule has 1 aromatic carbocycles. The van der Waals surface area contributed by atoms with Gasteiger partial charge in [0.1, 0.15) is 6.61 Å². The van der Waals surface area contributed by atoms with Crippen molar-refractivity contribution in [2.24, 2.45) is 5.41 Å². The van der Waals surface area contributed by atoms with Crippen LogP contribution < -0.4 is 0 Å². The van der Waals surface area contributed by atoms with Gasteiger partial charge in [-0.05, 0) is 42.5 Å². The smallest absolute Gasteiger partial charge is 0.161 e. The van der Waals surface area contributed by atoms with E-state index >= 15 is 0 Å². The summed E-state index contributed by atoms with van der Waals surface area (Å²) in [4.78, 5) is 20.5. The largest absolute Gasteiger partial charge is 0.388 e. The van der Waals surface area contributed by atoms with E-state index in [4.69, 9.17) is 5.11 Å². The van der Waals surface area contributed by atoms with Crippen LogP contribution in [0.25, 0.3) is 22.0 Å². The van der Waals surface area contributed by atoms with E-state index < -0.39 is 0 Å². The van der Waals surface area contributed by atoms with Crippen molar-refractivity contribution in [3.05, 3.63) is 47.7 Å². The number of nitrogens with zero attached hydrogens (tertiary/aromatic N) is 3. The quantitative estimate of drug-likeness (QED) is 0.717. The minimum absolute atomic E-state index is 0.0612. The number of ketones is 1. The topological polar surface area (TPSA) is 68.0 Å². The molecule has 26 heavy (non-hydrogen) atoms. The lowest BCUT2D eigenvalue weighted by molar-refractivity contribution is 0.101. The molecular weight excluding hydrogens is 326 g/mol. The first-order valence-electron chi connectivity index (χ1n) is 8.76. The summed E-state index contributed by atoms with van der Waals surface area (Å²) in [6.07, 6.45) is 5.39. The Bertz CT molecular complexity index is 964. The summed E-state index contributed by atoms with van der Waals surface area (Å²) in [5.74, 6) is 0.457. The molecule has 0 aliphatic rings. The SMILES string of the molecule is CC(=O)c1cn(CC(C)(C)C)c2c(C)cc(-c3cnc(CO)nc3)cc12. The van der Waals surface area contributed by atoms with E-state index in [0.717, 1.165) is 39.7 Å². The summed E-state index contributed by atoms with van der Waals surface area (Å²) in [7, 11) is 0. The maximum Gasteiger partial charge on any atom is 0.161 e. The van der Waals surface area contributed by atoms with E-state index in [1.165, 1.54) is 0 Å². The Labute approximate surface area is 153 Å². The van der Waals surface area contributed by atoms with Gasteiger partial charge < -0.3 is 9.67 Å². The van der Waals surface area contributed by atoms with Crippen molar-refractivity contribution in [2.45, 2.75) is 47.8 Å². The van der Waals surface area contributed by atoms with Crippen molar-refractivity contribution in [3.63, 3.8) is 0 Å². The number of hydrogen-bond acceptors (Lipinski definition) is 4. The van der Waals surface area contributed by atoms with Gasteiger partial charge in [0.2, 0.25) is 0 Å². The van der Waals surface area contributed by atoms with Crippen LogP contribution in [0.4, 0.5) is 0 Å². The number of aryl methyl sites for hydroxylation is 1. The van der Waals surface area contributed by atoms with Gasteiger partial charge >= 0.3 is 0 Å². The molecule has 0 fully saturated rings. The minimum Gasteiger partial charge on any atom is -0.388 e. The highest BCUT2D eigenvalue weighted by Crippen LogP contribution is 2.32. The second-order valence-corrected chi connectivity index (χ2v) is 8.02. The van der Waals surface area contributed by atoms with Gasteiger partial charge in [-0.1, -0.05) is 20.8 Å². The lowest BCUT2D eigenvalue weighted by atomic mass is 9.96. The van der Waals surface area contributed by atoms with Gasteiger partial charge in [0.25, 0.3) is 0 Å². The Morgan fingerprint density at radius 3 is 2.35 bits per heavy atom. The number of Topliss-reactive ketones (excluding diaryl/α,β-unsaturated/α-hetero) is 1. The average Bonchev–Trinajstić information content (AvgIpc) is 2.92. The van der Waals surface area contributed by atoms with Crippen LogP contribution in [-0.4, -0.2) is 25.4 Å². The van der Waals surface area contributed by atoms with E-state index in [1.54, 1.807) is 19.3 Å². The molecule has 2 aromatic heterocycles. The highest BCUT2D eigenvalue weighted by molar-refractivity contribution is 6.08. The first-order chi connectivity index (χ1) is 12.2. The molecule has 0 amide bonds. The first-order valence-corrected chi connectivity index (χ1v) is 8.76. The second-order valence-electron chi connectivity index (χ2n) is 8.02. The number of aromatic nitrogens is 3. The highest BCUT2D eigenvalue weighted by Gasteiger charge is 2.19. The van der Waals surface area contributed by atoms with E-state index in [9.17, 15) is 4.79 Å². The van der Waals surface area contributed by atoms with Crippen LogP contribution in [-0.2, 0) is 13.2 Å². The highest BCUT2D eigenvalue weighted by atomic mass is 16.3. The molecule has 0 saturated heterocycles. The summed E-state index contributed by atoms with van der Waals surface area (Å²) >= 11 is 0. The molecule has 2 heterocycles. The maximum absolute atomic E-state index is 12.2. The summed E-state index contributed by atoms with van der Waals surface area (Å²) in [5, 5.41) is 10.1. The van der Waals surface area contributed by atoms with Crippen LogP contribution in [0.3, 0.4) is 0 Å². The van der Waals surface area contributed by atoms with Gasteiger partial charge in [-0.2, -0.15) is 0 Å². The molecule has 5 nitrogen and oxygen atoms in total. The Kier molecular flexibility index (Phi) is 4.67. The van der Waals surface area contributed by atoms with Gasteiger partial charge in [-0.25, -0.2) is 9.97 Å². The maximum atomic E-state index is 12.2. The monoisotopic (exact) mass is 351 g/mol. The molecule has 5 heteroatoms. The van der Waals surface area contributed by atoms with Gasteiger partial charge in [-0.3, -0.25) is 4.79 Å². The average molecular weight is 351 g/mol. The molecule has 0 aliphatic heterocycles. The fraction of sp³-hybridized carbons (Fsp3) is 0.381. The zero-order valence-corrected chi connectivity index (χ0v) is 16.0. The fourth-order valence-corrected chi connectivity index (χ4v) is 3.32. The molecule has 3 aromatic rings. The molecule has 0 spiro atoms. The lowest BCUT2D eigenvalue weighted by Crippen LogP contribution is -2.15. The molecule has 136 valence electrons. The van der Waals surface area contributed by atoms with Crippen molar-refractivity contribution in [3.8, 4) is 11.1 Å². The summed E-state index contributed by atoms with van der Waals surface area (Å²) in [5.41, 5.74) is 4.89. The van der Waals surface area contributed by atoms with Crippen LogP contribution in [0.15, 0.2) is 30.7 Å². The number of carbonyl (C=O) groups is 1. The standard InChI is InChI=1S/C21H25N3O2/c1-13-6-15(16-8-22-19(11-25)23-9-16)7-17-18(14(2)26)10-24(20(13)17)12-21(3,4)5/h6-10,25H,11-12H2,1-5H3. The molecule has 1 N–H and O–H groups in total. The molecule has 0 radical (unpaired) electrons. The zero-order valence-electron chi connectivity index (χ0n) is 16.0. The number of rotatable bonds is 4. The molecule has 0 atom stereocenters. The first kappa shape index (κ1) is 18.3. The second kappa shape index (κ2) is 6.65. The predicted octanol–water partition coefficient (Wildman–Crippen LogP) is 4.15. The van der Waals surface area contributed by atoms with Crippen LogP contribution in [0.5, 0.6) is 0 Å². The van der Waals surface area contributed by atoms with Crippen molar-refractivity contribution in [1.82, 2.24) is 14.5 Å². The summed E-state index contributed by atoms with van der Waals surface area (Å²) < 4.78 is 2.19. The van der Waals surface area contributed by atoms with Gasteiger partial charge in [0, 0.05) is 41.6 Å². The molecule has 0 unspecified atom stereocenters. The van der Waals surface area contributed by atoms with Crippen molar-refractivity contribution in [1.29, 1.82) is 0 Å². The van der Waals surface area contributed by atoms with Crippen molar-refractivity contribution >= 4 is 16.7 Å². The molecule has 0 aliphatic carbocycles. The normalized spacial score (nSPS) is 11.9. The number of benzene rings is 1. The van der Waals surface area contributed by atoms with E-state index in [2.05, 4.69) is 48.3 Å². The molecule has 0 saturated carbocycles. The van der Waals surface area contributed by atoms with E-state index in [0.29, 0.717) is 5.82 Å². The molecule has 0 bridgehead atoms. The van der Waals surface area contributed by atoms with Gasteiger partial charge in [0.05, 0.1) is 5.52 Å². The van der Waals surface area contributed by atoms with Crippen LogP contribution in [0, 0.1) is 12.3 Å². The Morgan fingerprint density at radius 2 is 1.81 bits per heavy atom. The summed E-state index contributed by atoms with van der Waals surface area (Å²) in [6.45, 7) is 10.9. The number of aliphatic hydroxyl groups is 1. The van der Waals surface area contributed by atoms with E-state index in [-0.39, 0.29) is 17.8 Å². The number of aliphatic hydroxyl groups excluding tert-OH is 1. The van der Waals surface area contributed by atoms with Crippen molar-refractivity contribution in [2.75, 3.05) is 0 Å². The van der Waals surface area contributed by atoms with Crippen LogP contribution in [0.2, 0.25) is 0 Å². The van der Waals surface area contributed by atoms with E-state index in [1.807, 2.05) is 12.3 Å². The van der Waals surface area contributed by atoms with Crippen molar-refractivity contribution < 1.29 is 9.90 Å². The lowest BCUT2D eigenvalue weighted by Gasteiger charge is -2.20. The number of hydrogen-bond donors (Lipinski definition) is 1. The van der Waals surface area contributed by atoms with Crippen LogP contribution in [0.1, 0.15) is 49.4 Å². The van der Waals surface area contributed by atoms with Crippen LogP contribution >= 0.6 is 0 Å². The number of fused-ring (bicyclic) bond motifs is 1. The Morgan fingerprint density at radius 1 is 1.15 bits per heavy atom. The third kappa shape index (κ3) is 3.53. The predicted molar refractivity (Wildman–Crippen MR) is 103 cm³/mol. The summed E-state index contributed by atoms with van der Waals surface area (Å²) in [6, 6.07) is 4.14. The molecule has 3 rings (SSSR count). The van der Waals surface area contributed by atoms with Gasteiger partial charge in [-0.15, -0.1) is 0 Å². The third-order valence-electron chi connectivity index (χ3n) is 4.37. The Balaban J connectivity index is 2.20. The minimum atomic E-state index is -0.178. The molecular formula is C21H25N3O2. The third-order valence-corrected chi connectivity index (χ3v) is 4.37. The van der Waals surface area contributed by atoms with Gasteiger partial charge in [0.15, 0.2) is 11.6 Å².